The Bertz CT molecular complexity index is 715. The Morgan fingerprint density at radius 1 is 1.35 bits per heavy atom. The fourth-order valence-corrected chi connectivity index (χ4v) is 3.91. The van der Waals surface area contributed by atoms with Crippen LogP contribution in [0.15, 0.2) is 23.2 Å². The standard InChI is InChI=1S/C20H27N3O3/c1-13-10-21-18-16(13)4-3-5-17(18)26-15-11-23(12-15)19(24)22-14-6-8-20(2,25)9-7-14/h3-5,10,13-15,25H,6-9,11-12H2,1-2H3,(H,22,24). The second-order valence-corrected chi connectivity index (χ2v) is 8.13. The summed E-state index contributed by atoms with van der Waals surface area (Å²) in [5.41, 5.74) is 1.55. The van der Waals surface area contributed by atoms with E-state index in [0.717, 1.165) is 37.1 Å². The molecule has 1 unspecified atom stereocenters. The van der Waals surface area contributed by atoms with Crippen LogP contribution in [0.25, 0.3) is 0 Å². The van der Waals surface area contributed by atoms with Gasteiger partial charge >= 0.3 is 6.03 Å². The third kappa shape index (κ3) is 3.43. The van der Waals surface area contributed by atoms with Gasteiger partial charge in [0.1, 0.15) is 17.5 Å². The summed E-state index contributed by atoms with van der Waals surface area (Å²) in [6.45, 7) is 5.19. The molecule has 1 saturated carbocycles. The van der Waals surface area contributed by atoms with Crippen LogP contribution in [0.1, 0.15) is 51.0 Å². The first kappa shape index (κ1) is 17.3. The molecular formula is C20H27N3O3. The van der Waals surface area contributed by atoms with E-state index in [1.807, 2.05) is 25.3 Å². The summed E-state index contributed by atoms with van der Waals surface area (Å²) in [6.07, 6.45) is 5.10. The van der Waals surface area contributed by atoms with Gasteiger partial charge in [0.2, 0.25) is 0 Å². The number of aliphatic hydroxyl groups is 1. The minimum absolute atomic E-state index is 0.0189. The molecule has 4 rings (SSSR count). The second-order valence-electron chi connectivity index (χ2n) is 8.13. The van der Waals surface area contributed by atoms with Crippen molar-refractivity contribution in [1.82, 2.24) is 10.2 Å². The Morgan fingerprint density at radius 3 is 2.81 bits per heavy atom. The van der Waals surface area contributed by atoms with Gasteiger partial charge in [0.05, 0.1) is 18.7 Å². The van der Waals surface area contributed by atoms with Gasteiger partial charge in [-0.15, -0.1) is 0 Å². The van der Waals surface area contributed by atoms with E-state index < -0.39 is 5.60 Å². The number of aliphatic imine (C=N–C) groups is 1. The van der Waals surface area contributed by atoms with E-state index in [1.54, 1.807) is 4.90 Å². The predicted octanol–water partition coefficient (Wildman–Crippen LogP) is 2.97. The number of nitrogens with one attached hydrogen (secondary N) is 1. The number of para-hydroxylation sites is 1. The zero-order valence-electron chi connectivity index (χ0n) is 15.4. The molecule has 6 heteroatoms. The molecule has 1 atom stereocenters. The van der Waals surface area contributed by atoms with Crippen LogP contribution in [-0.4, -0.2) is 53.1 Å². The topological polar surface area (TPSA) is 74.2 Å². The summed E-state index contributed by atoms with van der Waals surface area (Å²) < 4.78 is 6.07. The molecule has 0 aromatic heterocycles. The minimum atomic E-state index is -0.577. The molecule has 26 heavy (non-hydrogen) atoms. The Hall–Kier alpha value is -2.08. The number of rotatable bonds is 3. The van der Waals surface area contributed by atoms with Crippen molar-refractivity contribution in [3.63, 3.8) is 0 Å². The number of benzene rings is 1. The van der Waals surface area contributed by atoms with Gasteiger partial charge < -0.3 is 20.1 Å². The molecule has 2 fully saturated rings. The lowest BCUT2D eigenvalue weighted by Crippen LogP contribution is -2.60. The molecule has 1 aliphatic carbocycles. The minimum Gasteiger partial charge on any atom is -0.484 e. The predicted molar refractivity (Wildman–Crippen MR) is 100 cm³/mol. The SMILES string of the molecule is CC1C=Nc2c(OC3CN(C(=O)NC4CCC(C)(O)CC4)C3)cccc21. The maximum atomic E-state index is 12.4. The lowest BCUT2D eigenvalue weighted by molar-refractivity contribution is 0.0119. The van der Waals surface area contributed by atoms with Crippen LogP contribution >= 0.6 is 0 Å². The third-order valence-corrected chi connectivity index (χ3v) is 5.77. The van der Waals surface area contributed by atoms with Crippen molar-refractivity contribution in [2.24, 2.45) is 4.99 Å². The van der Waals surface area contributed by atoms with Crippen LogP contribution in [0.4, 0.5) is 10.5 Å². The van der Waals surface area contributed by atoms with E-state index in [4.69, 9.17) is 4.74 Å². The Morgan fingerprint density at radius 2 is 2.08 bits per heavy atom. The molecule has 0 radical (unpaired) electrons. The van der Waals surface area contributed by atoms with Gasteiger partial charge in [-0.3, -0.25) is 4.99 Å². The highest BCUT2D eigenvalue weighted by atomic mass is 16.5. The fourth-order valence-electron chi connectivity index (χ4n) is 3.91. The van der Waals surface area contributed by atoms with Crippen LogP contribution in [-0.2, 0) is 0 Å². The number of nitrogens with zero attached hydrogens (tertiary/aromatic N) is 2. The largest absolute Gasteiger partial charge is 0.484 e. The van der Waals surface area contributed by atoms with Gasteiger partial charge in [-0.1, -0.05) is 19.1 Å². The van der Waals surface area contributed by atoms with Crippen LogP contribution in [0.5, 0.6) is 5.75 Å². The number of amides is 2. The van der Waals surface area contributed by atoms with E-state index in [-0.39, 0.29) is 18.2 Å². The van der Waals surface area contributed by atoms with E-state index in [1.165, 1.54) is 5.56 Å². The normalized spacial score (nSPS) is 30.7. The summed E-state index contributed by atoms with van der Waals surface area (Å²) in [6, 6.07) is 6.17. The number of fused-ring (bicyclic) bond motifs is 1. The van der Waals surface area contributed by atoms with Crippen molar-refractivity contribution < 1.29 is 14.6 Å². The molecule has 140 valence electrons. The summed E-state index contributed by atoms with van der Waals surface area (Å²) in [4.78, 5) is 18.6. The Kier molecular flexibility index (Phi) is 4.39. The molecule has 3 aliphatic rings. The zero-order valence-corrected chi connectivity index (χ0v) is 15.4. The molecule has 1 aromatic rings. The van der Waals surface area contributed by atoms with Crippen molar-refractivity contribution in [3.05, 3.63) is 23.8 Å². The van der Waals surface area contributed by atoms with E-state index in [9.17, 15) is 9.90 Å². The highest BCUT2D eigenvalue weighted by molar-refractivity contribution is 5.83. The summed E-state index contributed by atoms with van der Waals surface area (Å²) in [7, 11) is 0. The van der Waals surface area contributed by atoms with Gasteiger partial charge in [0, 0.05) is 18.2 Å². The van der Waals surface area contributed by atoms with Crippen molar-refractivity contribution >= 4 is 17.9 Å². The molecule has 1 saturated heterocycles. The molecule has 1 aromatic carbocycles. The molecule has 0 spiro atoms. The van der Waals surface area contributed by atoms with Gasteiger partial charge in [-0.2, -0.15) is 0 Å². The molecule has 2 amide bonds. The number of ether oxygens (including phenoxy) is 1. The van der Waals surface area contributed by atoms with Crippen molar-refractivity contribution in [2.75, 3.05) is 13.1 Å². The maximum absolute atomic E-state index is 12.4. The highest BCUT2D eigenvalue weighted by Gasteiger charge is 2.35. The molecule has 2 aliphatic heterocycles. The van der Waals surface area contributed by atoms with E-state index in [0.29, 0.717) is 19.0 Å². The number of hydrogen-bond donors (Lipinski definition) is 2. The number of urea groups is 1. The van der Waals surface area contributed by atoms with Crippen LogP contribution in [0.2, 0.25) is 0 Å². The monoisotopic (exact) mass is 357 g/mol. The van der Waals surface area contributed by atoms with Gasteiger partial charge in [0.15, 0.2) is 0 Å². The highest BCUT2D eigenvalue weighted by Crippen LogP contribution is 2.40. The average Bonchev–Trinajstić information content (AvgIpc) is 2.94. The lowest BCUT2D eigenvalue weighted by atomic mass is 9.84. The number of carbonyl (C=O) groups excluding carboxylic acids is 1. The Labute approximate surface area is 154 Å². The smallest absolute Gasteiger partial charge is 0.317 e. The summed E-state index contributed by atoms with van der Waals surface area (Å²) in [5, 5.41) is 13.1. The third-order valence-electron chi connectivity index (χ3n) is 5.77. The van der Waals surface area contributed by atoms with E-state index in [2.05, 4.69) is 23.3 Å². The first-order valence-corrected chi connectivity index (χ1v) is 9.53. The van der Waals surface area contributed by atoms with E-state index >= 15 is 0 Å². The van der Waals surface area contributed by atoms with Gasteiger partial charge in [0.25, 0.3) is 0 Å². The van der Waals surface area contributed by atoms with Crippen LogP contribution in [0, 0.1) is 0 Å². The zero-order chi connectivity index (χ0) is 18.3. The number of likely N-dealkylation sites (tertiary alicyclic amines) is 1. The summed E-state index contributed by atoms with van der Waals surface area (Å²) >= 11 is 0. The van der Waals surface area contributed by atoms with Crippen LogP contribution < -0.4 is 10.1 Å². The average molecular weight is 357 g/mol. The molecule has 0 bridgehead atoms. The Balaban J connectivity index is 1.26. The van der Waals surface area contributed by atoms with Crippen molar-refractivity contribution in [3.8, 4) is 5.75 Å². The first-order chi connectivity index (χ1) is 12.4. The first-order valence-electron chi connectivity index (χ1n) is 9.53. The molecule has 2 N–H and O–H groups in total. The van der Waals surface area contributed by atoms with Crippen molar-refractivity contribution in [1.29, 1.82) is 0 Å². The van der Waals surface area contributed by atoms with Crippen molar-refractivity contribution in [2.45, 2.75) is 63.2 Å². The molecule has 2 heterocycles. The van der Waals surface area contributed by atoms with Gasteiger partial charge in [-0.25, -0.2) is 4.79 Å². The fraction of sp³-hybridized carbons (Fsp3) is 0.600. The number of hydrogen-bond acceptors (Lipinski definition) is 4. The summed E-state index contributed by atoms with van der Waals surface area (Å²) in [5.74, 6) is 1.14. The maximum Gasteiger partial charge on any atom is 0.317 e. The second kappa shape index (κ2) is 6.58. The quantitative estimate of drug-likeness (QED) is 0.873. The van der Waals surface area contributed by atoms with Gasteiger partial charge in [-0.05, 0) is 44.2 Å². The molecular weight excluding hydrogens is 330 g/mol. The molecule has 6 nitrogen and oxygen atoms in total. The number of carbonyl (C=O) groups is 1. The lowest BCUT2D eigenvalue weighted by Gasteiger charge is -2.41. The van der Waals surface area contributed by atoms with Crippen LogP contribution in [0.3, 0.4) is 0 Å².